The lowest BCUT2D eigenvalue weighted by Crippen LogP contribution is -2.46. The highest BCUT2D eigenvalue weighted by molar-refractivity contribution is 7.80. The van der Waals surface area contributed by atoms with Crippen LogP contribution in [0.2, 0.25) is 0 Å². The van der Waals surface area contributed by atoms with Crippen molar-refractivity contribution in [3.63, 3.8) is 0 Å². The molecular formula is C14H28N2O3S. The monoisotopic (exact) mass is 304 g/mol. The molecule has 20 heavy (non-hydrogen) atoms. The first-order valence-corrected chi connectivity index (χ1v) is 7.60. The summed E-state index contributed by atoms with van der Waals surface area (Å²) >= 11 is 5.03. The van der Waals surface area contributed by atoms with E-state index in [1.165, 1.54) is 0 Å². The predicted octanol–water partition coefficient (Wildman–Crippen LogP) is 1.45. The summed E-state index contributed by atoms with van der Waals surface area (Å²) in [6.45, 7) is 11.1. The van der Waals surface area contributed by atoms with Gasteiger partial charge >= 0.3 is 0 Å². The van der Waals surface area contributed by atoms with E-state index in [1.807, 2.05) is 27.7 Å². The van der Waals surface area contributed by atoms with Crippen molar-refractivity contribution in [2.24, 2.45) is 17.6 Å². The summed E-state index contributed by atoms with van der Waals surface area (Å²) in [6.07, 6.45) is 0. The summed E-state index contributed by atoms with van der Waals surface area (Å²) in [4.78, 5) is 14.5. The van der Waals surface area contributed by atoms with Gasteiger partial charge in [0, 0.05) is 26.3 Å². The van der Waals surface area contributed by atoms with Crippen LogP contribution in [0.4, 0.5) is 0 Å². The summed E-state index contributed by atoms with van der Waals surface area (Å²) in [7, 11) is 0. The molecular weight excluding hydrogens is 276 g/mol. The van der Waals surface area contributed by atoms with Crippen molar-refractivity contribution in [2.75, 3.05) is 39.5 Å². The quantitative estimate of drug-likeness (QED) is 0.462. The van der Waals surface area contributed by atoms with Gasteiger partial charge in [-0.3, -0.25) is 4.79 Å². The summed E-state index contributed by atoms with van der Waals surface area (Å²) in [6, 6.07) is 0. The normalized spacial score (nSPS) is 12.4. The molecule has 0 rings (SSSR count). The minimum absolute atomic E-state index is 0.0353. The fourth-order valence-corrected chi connectivity index (χ4v) is 2.28. The molecule has 118 valence electrons. The van der Waals surface area contributed by atoms with E-state index >= 15 is 0 Å². The van der Waals surface area contributed by atoms with Gasteiger partial charge in [-0.2, -0.15) is 0 Å². The van der Waals surface area contributed by atoms with Gasteiger partial charge in [0.05, 0.1) is 24.1 Å². The second-order valence-corrected chi connectivity index (χ2v) is 5.31. The molecule has 1 amide bonds. The van der Waals surface area contributed by atoms with Gasteiger partial charge in [0.25, 0.3) is 0 Å². The first kappa shape index (κ1) is 19.3. The highest BCUT2D eigenvalue weighted by Crippen LogP contribution is 2.15. The fraction of sp³-hybridized carbons (Fsp3) is 0.857. The van der Waals surface area contributed by atoms with E-state index in [0.29, 0.717) is 39.5 Å². The molecule has 0 saturated carbocycles. The highest BCUT2D eigenvalue weighted by atomic mass is 32.1. The van der Waals surface area contributed by atoms with E-state index in [4.69, 9.17) is 27.4 Å². The van der Waals surface area contributed by atoms with Crippen LogP contribution in [0.3, 0.4) is 0 Å². The maximum atomic E-state index is 12.6. The molecule has 0 heterocycles. The zero-order valence-corrected chi connectivity index (χ0v) is 13.9. The Balaban J connectivity index is 4.69. The van der Waals surface area contributed by atoms with Crippen LogP contribution < -0.4 is 5.73 Å². The minimum Gasteiger partial charge on any atom is -0.393 e. The number of carbonyl (C=O) groups excluding carboxylic acids is 1. The molecule has 0 spiro atoms. The Morgan fingerprint density at radius 1 is 1.15 bits per heavy atom. The number of carbonyl (C=O) groups is 1. The van der Waals surface area contributed by atoms with E-state index in [1.54, 1.807) is 4.90 Å². The van der Waals surface area contributed by atoms with Crippen LogP contribution in [0.1, 0.15) is 27.7 Å². The maximum absolute atomic E-state index is 12.6. The third-order valence-electron chi connectivity index (χ3n) is 2.97. The molecule has 0 aromatic carbocycles. The van der Waals surface area contributed by atoms with E-state index in [0.717, 1.165) is 0 Å². The molecule has 0 aliphatic carbocycles. The molecule has 0 aliphatic rings. The van der Waals surface area contributed by atoms with E-state index in [2.05, 4.69) is 0 Å². The van der Waals surface area contributed by atoms with Gasteiger partial charge < -0.3 is 20.1 Å². The van der Waals surface area contributed by atoms with Gasteiger partial charge in [-0.15, -0.1) is 0 Å². The van der Waals surface area contributed by atoms with Crippen LogP contribution in [-0.2, 0) is 14.3 Å². The minimum atomic E-state index is -0.423. The van der Waals surface area contributed by atoms with Gasteiger partial charge in [-0.05, 0) is 19.8 Å². The number of ether oxygens (including phenoxy) is 2. The van der Waals surface area contributed by atoms with Crippen LogP contribution in [-0.4, -0.2) is 55.3 Å². The molecule has 6 heteroatoms. The lowest BCUT2D eigenvalue weighted by molar-refractivity contribution is -0.136. The van der Waals surface area contributed by atoms with Crippen molar-refractivity contribution in [3.8, 4) is 0 Å². The lowest BCUT2D eigenvalue weighted by atomic mass is 9.94. The molecule has 0 aromatic rings. The molecule has 0 radical (unpaired) electrons. The third-order valence-corrected chi connectivity index (χ3v) is 3.22. The lowest BCUT2D eigenvalue weighted by Gasteiger charge is -2.28. The smallest absolute Gasteiger partial charge is 0.232 e. The second kappa shape index (κ2) is 11.0. The van der Waals surface area contributed by atoms with Crippen molar-refractivity contribution < 1.29 is 14.3 Å². The highest BCUT2D eigenvalue weighted by Gasteiger charge is 2.29. The molecule has 5 nitrogen and oxygen atoms in total. The number of hydrogen-bond acceptors (Lipinski definition) is 4. The van der Waals surface area contributed by atoms with Gasteiger partial charge in [0.1, 0.15) is 0 Å². The molecule has 1 unspecified atom stereocenters. The number of hydrogen-bond donors (Lipinski definition) is 1. The number of nitrogens with zero attached hydrogens (tertiary/aromatic N) is 1. The standard InChI is InChI=1S/C14H28N2O3S/c1-5-18-9-7-16(8-10-19-6-2)14(17)12(11(3)4)13(15)20/h11-12H,5-10H2,1-4H3,(H2,15,20). The Morgan fingerprint density at radius 3 is 1.90 bits per heavy atom. The molecule has 0 fully saturated rings. The SMILES string of the molecule is CCOCCN(CCOCC)C(=O)C(C(N)=S)C(C)C. The van der Waals surface area contributed by atoms with Crippen LogP contribution in [0.25, 0.3) is 0 Å². The predicted molar refractivity (Wildman–Crippen MR) is 84.7 cm³/mol. The topological polar surface area (TPSA) is 64.8 Å². The van der Waals surface area contributed by atoms with Gasteiger partial charge in [0.15, 0.2) is 0 Å². The second-order valence-electron chi connectivity index (χ2n) is 4.84. The van der Waals surface area contributed by atoms with Crippen molar-refractivity contribution >= 4 is 23.1 Å². The van der Waals surface area contributed by atoms with Gasteiger partial charge in [-0.25, -0.2) is 0 Å². The Labute approximate surface area is 127 Å². The van der Waals surface area contributed by atoms with Crippen molar-refractivity contribution in [1.82, 2.24) is 4.90 Å². The van der Waals surface area contributed by atoms with Crippen LogP contribution in [0, 0.1) is 11.8 Å². The first-order chi connectivity index (χ1) is 9.45. The van der Waals surface area contributed by atoms with E-state index < -0.39 is 5.92 Å². The Hall–Kier alpha value is -0.720. The van der Waals surface area contributed by atoms with Crippen LogP contribution in [0.15, 0.2) is 0 Å². The molecule has 2 N–H and O–H groups in total. The number of rotatable bonds is 11. The summed E-state index contributed by atoms with van der Waals surface area (Å²) in [5, 5.41) is 0. The first-order valence-electron chi connectivity index (χ1n) is 7.19. The van der Waals surface area contributed by atoms with E-state index in [9.17, 15) is 4.79 Å². The largest absolute Gasteiger partial charge is 0.393 e. The molecule has 0 aliphatic heterocycles. The Kier molecular flexibility index (Phi) is 10.6. The maximum Gasteiger partial charge on any atom is 0.232 e. The zero-order chi connectivity index (χ0) is 15.5. The number of thiocarbonyl (C=S) groups is 1. The fourth-order valence-electron chi connectivity index (χ4n) is 1.90. The Morgan fingerprint density at radius 2 is 1.60 bits per heavy atom. The number of amides is 1. The molecule has 0 saturated heterocycles. The van der Waals surface area contributed by atoms with Crippen molar-refractivity contribution in [3.05, 3.63) is 0 Å². The zero-order valence-electron chi connectivity index (χ0n) is 13.1. The van der Waals surface area contributed by atoms with Crippen LogP contribution >= 0.6 is 12.2 Å². The summed E-state index contributed by atoms with van der Waals surface area (Å²) in [5.74, 6) is -0.373. The van der Waals surface area contributed by atoms with Gasteiger partial charge in [-0.1, -0.05) is 26.1 Å². The van der Waals surface area contributed by atoms with Crippen LogP contribution in [0.5, 0.6) is 0 Å². The van der Waals surface area contributed by atoms with E-state index in [-0.39, 0.29) is 16.8 Å². The van der Waals surface area contributed by atoms with Gasteiger partial charge in [0.2, 0.25) is 5.91 Å². The average molecular weight is 304 g/mol. The molecule has 1 atom stereocenters. The summed E-state index contributed by atoms with van der Waals surface area (Å²) in [5.41, 5.74) is 5.71. The Bertz CT molecular complexity index is 288. The summed E-state index contributed by atoms with van der Waals surface area (Å²) < 4.78 is 10.6. The third kappa shape index (κ3) is 7.17. The molecule has 0 bridgehead atoms. The van der Waals surface area contributed by atoms with Crippen molar-refractivity contribution in [2.45, 2.75) is 27.7 Å². The average Bonchev–Trinajstić information content (AvgIpc) is 2.36. The van der Waals surface area contributed by atoms with Crippen molar-refractivity contribution in [1.29, 1.82) is 0 Å². The number of nitrogens with two attached hydrogens (primary N) is 1. The molecule has 0 aromatic heterocycles.